The fourth-order valence-electron chi connectivity index (χ4n) is 2.94. The molecule has 0 bridgehead atoms. The first-order valence-corrected chi connectivity index (χ1v) is 7.66. The molecule has 0 radical (unpaired) electrons. The summed E-state index contributed by atoms with van der Waals surface area (Å²) in [4.78, 5) is 0. The van der Waals surface area contributed by atoms with Crippen molar-refractivity contribution in [1.82, 2.24) is 5.43 Å². The molecule has 0 aliphatic carbocycles. The maximum Gasteiger partial charge on any atom is 0.0824 e. The summed E-state index contributed by atoms with van der Waals surface area (Å²) in [6, 6.07) is 8.70. The third kappa shape index (κ3) is 2.41. The summed E-state index contributed by atoms with van der Waals surface area (Å²) in [7, 11) is 0. The Balaban J connectivity index is 1.86. The van der Waals surface area contributed by atoms with Gasteiger partial charge >= 0.3 is 0 Å². The molecule has 2 atom stereocenters. The Morgan fingerprint density at radius 1 is 1.47 bits per heavy atom. The molecule has 0 spiro atoms. The lowest BCUT2D eigenvalue weighted by Gasteiger charge is -2.32. The molecule has 2 heterocycles. The van der Waals surface area contributed by atoms with E-state index < -0.39 is 0 Å². The largest absolute Gasteiger partial charge is 0.374 e. The molecule has 1 fully saturated rings. The van der Waals surface area contributed by atoms with Gasteiger partial charge in [0, 0.05) is 11.3 Å². The van der Waals surface area contributed by atoms with Crippen LogP contribution in [0.4, 0.5) is 0 Å². The van der Waals surface area contributed by atoms with Crippen LogP contribution in [0.2, 0.25) is 0 Å². The molecule has 1 aromatic carbocycles. The van der Waals surface area contributed by atoms with E-state index in [1.54, 1.807) is 11.3 Å². The summed E-state index contributed by atoms with van der Waals surface area (Å²) in [5.41, 5.74) is 4.19. The van der Waals surface area contributed by atoms with Crippen LogP contribution >= 0.6 is 11.3 Å². The first kappa shape index (κ1) is 13.1. The van der Waals surface area contributed by atoms with Crippen LogP contribution in [0.1, 0.15) is 25.3 Å². The van der Waals surface area contributed by atoms with Gasteiger partial charge < -0.3 is 4.74 Å². The second-order valence-electron chi connectivity index (χ2n) is 5.45. The predicted molar refractivity (Wildman–Crippen MR) is 80.2 cm³/mol. The maximum atomic E-state index is 5.92. The van der Waals surface area contributed by atoms with Gasteiger partial charge in [-0.1, -0.05) is 18.2 Å². The first-order chi connectivity index (χ1) is 9.23. The zero-order valence-corrected chi connectivity index (χ0v) is 12.0. The zero-order valence-electron chi connectivity index (χ0n) is 11.2. The summed E-state index contributed by atoms with van der Waals surface area (Å²) in [6.07, 6.45) is 3.11. The van der Waals surface area contributed by atoms with E-state index in [-0.39, 0.29) is 11.6 Å². The van der Waals surface area contributed by atoms with Gasteiger partial charge in [0.1, 0.15) is 0 Å². The van der Waals surface area contributed by atoms with E-state index in [9.17, 15) is 0 Å². The van der Waals surface area contributed by atoms with Crippen LogP contribution in [0.5, 0.6) is 0 Å². The van der Waals surface area contributed by atoms with E-state index in [1.807, 2.05) is 0 Å². The van der Waals surface area contributed by atoms with Crippen LogP contribution < -0.4 is 11.3 Å². The molecular weight excluding hydrogens is 256 g/mol. The van der Waals surface area contributed by atoms with Gasteiger partial charge in [-0.2, -0.15) is 0 Å². The highest BCUT2D eigenvalue weighted by molar-refractivity contribution is 7.17. The third-order valence-corrected chi connectivity index (χ3v) is 5.19. The second-order valence-corrected chi connectivity index (χ2v) is 6.36. The van der Waals surface area contributed by atoms with Crippen molar-refractivity contribution in [2.24, 2.45) is 5.84 Å². The molecule has 1 aliphatic rings. The smallest absolute Gasteiger partial charge is 0.0824 e. The minimum atomic E-state index is -0.141. The minimum absolute atomic E-state index is 0.141. The third-order valence-electron chi connectivity index (χ3n) is 4.17. The highest BCUT2D eigenvalue weighted by Crippen LogP contribution is 2.33. The Morgan fingerprint density at radius 3 is 3.05 bits per heavy atom. The molecule has 2 aromatic rings. The molecule has 3 nitrogen and oxygen atoms in total. The van der Waals surface area contributed by atoms with Crippen LogP contribution in [-0.4, -0.2) is 18.2 Å². The normalized spacial score (nSPS) is 24.9. The number of nitrogens with one attached hydrogen (secondary N) is 1. The van der Waals surface area contributed by atoms with Crippen molar-refractivity contribution in [2.45, 2.75) is 37.8 Å². The van der Waals surface area contributed by atoms with Crippen LogP contribution in [-0.2, 0) is 11.2 Å². The van der Waals surface area contributed by atoms with Crippen molar-refractivity contribution >= 4 is 21.4 Å². The molecule has 0 amide bonds. The lowest BCUT2D eigenvalue weighted by molar-refractivity contribution is -0.0114. The molecule has 3 N–H and O–H groups in total. The number of ether oxygens (including phenoxy) is 1. The first-order valence-electron chi connectivity index (χ1n) is 6.78. The van der Waals surface area contributed by atoms with Crippen molar-refractivity contribution < 1.29 is 4.74 Å². The topological polar surface area (TPSA) is 47.3 Å². The second kappa shape index (κ2) is 5.21. The molecule has 19 heavy (non-hydrogen) atoms. The van der Waals surface area contributed by atoms with Crippen molar-refractivity contribution in [3.63, 3.8) is 0 Å². The Hall–Kier alpha value is -0.940. The van der Waals surface area contributed by atoms with Crippen LogP contribution in [0.3, 0.4) is 0 Å². The standard InChI is InChI=1S/C15H20N2OS/c1-15(7-4-8-18-15)14(17-16)9-11-10-19-13-6-3-2-5-12(11)13/h2-3,5-6,10,14,17H,4,7-9,16H2,1H3. The Kier molecular flexibility index (Phi) is 3.58. The highest BCUT2D eigenvalue weighted by atomic mass is 32.1. The van der Waals surface area contributed by atoms with Gasteiger partial charge in [-0.3, -0.25) is 11.3 Å². The van der Waals surface area contributed by atoms with Gasteiger partial charge in [-0.15, -0.1) is 11.3 Å². The summed E-state index contributed by atoms with van der Waals surface area (Å²) in [6.45, 7) is 3.01. The number of benzene rings is 1. The Labute approximate surface area is 117 Å². The van der Waals surface area contributed by atoms with Crippen LogP contribution in [0.25, 0.3) is 10.1 Å². The SMILES string of the molecule is CC1(C(Cc2csc3ccccc23)NN)CCCO1. The minimum Gasteiger partial charge on any atom is -0.374 e. The van der Waals surface area contributed by atoms with E-state index in [0.29, 0.717) is 0 Å². The summed E-state index contributed by atoms with van der Waals surface area (Å²) in [5.74, 6) is 5.77. The van der Waals surface area contributed by atoms with Gasteiger partial charge in [0.2, 0.25) is 0 Å². The van der Waals surface area contributed by atoms with E-state index in [1.165, 1.54) is 15.6 Å². The van der Waals surface area contributed by atoms with Gasteiger partial charge in [-0.05, 0) is 48.6 Å². The van der Waals surface area contributed by atoms with E-state index in [0.717, 1.165) is 25.9 Å². The number of rotatable bonds is 4. The van der Waals surface area contributed by atoms with E-state index in [4.69, 9.17) is 10.6 Å². The molecule has 102 valence electrons. The lowest BCUT2D eigenvalue weighted by atomic mass is 9.89. The molecule has 1 aliphatic heterocycles. The Morgan fingerprint density at radius 2 is 2.32 bits per heavy atom. The van der Waals surface area contributed by atoms with E-state index in [2.05, 4.69) is 42.0 Å². The number of thiophene rings is 1. The monoisotopic (exact) mass is 276 g/mol. The van der Waals surface area contributed by atoms with Gasteiger partial charge in [-0.25, -0.2) is 0 Å². The van der Waals surface area contributed by atoms with Crippen LogP contribution in [0, 0.1) is 0 Å². The average molecular weight is 276 g/mol. The molecule has 2 unspecified atom stereocenters. The predicted octanol–water partition coefficient (Wildman–Crippen LogP) is 2.84. The van der Waals surface area contributed by atoms with Crippen LogP contribution in [0.15, 0.2) is 29.6 Å². The zero-order chi connectivity index (χ0) is 13.3. The van der Waals surface area contributed by atoms with Gasteiger partial charge in [0.15, 0.2) is 0 Å². The molecule has 0 saturated carbocycles. The summed E-state index contributed by atoms with van der Waals surface area (Å²) < 4.78 is 7.25. The lowest BCUT2D eigenvalue weighted by Crippen LogP contribution is -2.52. The fourth-order valence-corrected chi connectivity index (χ4v) is 3.91. The number of hydrogen-bond donors (Lipinski definition) is 2. The molecule has 4 heteroatoms. The van der Waals surface area contributed by atoms with Crippen molar-refractivity contribution in [1.29, 1.82) is 0 Å². The number of fused-ring (bicyclic) bond motifs is 1. The summed E-state index contributed by atoms with van der Waals surface area (Å²) >= 11 is 1.80. The maximum absolute atomic E-state index is 5.92. The molecule has 1 saturated heterocycles. The van der Waals surface area contributed by atoms with Gasteiger partial charge in [0.05, 0.1) is 11.6 Å². The van der Waals surface area contributed by atoms with Crippen molar-refractivity contribution in [3.05, 3.63) is 35.2 Å². The van der Waals surface area contributed by atoms with Crippen molar-refractivity contribution in [2.75, 3.05) is 6.61 Å². The number of nitrogens with two attached hydrogens (primary N) is 1. The summed E-state index contributed by atoms with van der Waals surface area (Å²) in [5, 5.41) is 3.59. The molecule has 3 rings (SSSR count). The molecular formula is C15H20N2OS. The molecule has 1 aromatic heterocycles. The van der Waals surface area contributed by atoms with Gasteiger partial charge in [0.25, 0.3) is 0 Å². The highest BCUT2D eigenvalue weighted by Gasteiger charge is 2.38. The fraction of sp³-hybridized carbons (Fsp3) is 0.467. The average Bonchev–Trinajstić information content (AvgIpc) is 3.03. The number of hydrogen-bond acceptors (Lipinski definition) is 4. The van der Waals surface area contributed by atoms with Crippen molar-refractivity contribution in [3.8, 4) is 0 Å². The van der Waals surface area contributed by atoms with E-state index >= 15 is 0 Å². The Bertz CT molecular complexity index is 560. The quantitative estimate of drug-likeness (QED) is 0.667. The number of hydrazine groups is 1.